The Balaban J connectivity index is 2.01. The minimum atomic E-state index is -1.09. The Labute approximate surface area is 222 Å². The Kier molecular flexibility index (Phi) is 7.42. The van der Waals surface area contributed by atoms with Gasteiger partial charge in [0.2, 0.25) is 0 Å². The van der Waals surface area contributed by atoms with Crippen LogP contribution in [0.3, 0.4) is 0 Å². The molecular weight excluding hydrogens is 521 g/mol. The van der Waals surface area contributed by atoms with E-state index in [9.17, 15) is 19.5 Å². The second-order valence-electron chi connectivity index (χ2n) is 7.96. The minimum Gasteiger partial charge on any atom is -0.507 e. The van der Waals surface area contributed by atoms with Crippen LogP contribution in [0.5, 0.6) is 11.5 Å². The topological polar surface area (TPSA) is 102 Å². The summed E-state index contributed by atoms with van der Waals surface area (Å²) < 4.78 is 15.5. The van der Waals surface area contributed by atoms with E-state index in [-0.39, 0.29) is 38.2 Å². The first-order chi connectivity index (χ1) is 17.7. The SMILES string of the molecule is COC(=O)c1cccc(N2C(=O)C(=O)/C(=C(/O)c3cc(Cl)cc(Cl)c3OC)C2c2cccc(OC)c2)c1. The van der Waals surface area contributed by atoms with Crippen LogP contribution >= 0.6 is 23.2 Å². The molecule has 0 radical (unpaired) electrons. The number of ether oxygens (including phenoxy) is 3. The molecule has 1 N–H and O–H groups in total. The molecule has 1 fully saturated rings. The number of amides is 1. The molecule has 0 spiro atoms. The van der Waals surface area contributed by atoms with Gasteiger partial charge in [-0.2, -0.15) is 0 Å². The lowest BCUT2D eigenvalue weighted by Crippen LogP contribution is -2.29. The number of carbonyl (C=O) groups excluding carboxylic acids is 3. The van der Waals surface area contributed by atoms with Gasteiger partial charge < -0.3 is 19.3 Å². The second-order valence-corrected chi connectivity index (χ2v) is 8.80. The molecule has 3 aromatic rings. The number of aliphatic hydroxyl groups is 1. The molecule has 0 aromatic heterocycles. The van der Waals surface area contributed by atoms with E-state index >= 15 is 0 Å². The van der Waals surface area contributed by atoms with Crippen molar-refractivity contribution in [2.45, 2.75) is 6.04 Å². The van der Waals surface area contributed by atoms with E-state index in [1.165, 1.54) is 50.5 Å². The fourth-order valence-electron chi connectivity index (χ4n) is 4.22. The number of nitrogens with zero attached hydrogens (tertiary/aromatic N) is 1. The van der Waals surface area contributed by atoms with Gasteiger partial charge in [-0.05, 0) is 48.0 Å². The van der Waals surface area contributed by atoms with Gasteiger partial charge in [-0.25, -0.2) is 4.79 Å². The van der Waals surface area contributed by atoms with E-state index < -0.39 is 29.5 Å². The summed E-state index contributed by atoms with van der Waals surface area (Å²) in [6.45, 7) is 0. The number of esters is 1. The van der Waals surface area contributed by atoms with Crippen LogP contribution in [0.1, 0.15) is 27.5 Å². The summed E-state index contributed by atoms with van der Waals surface area (Å²) in [4.78, 5) is 40.2. The third-order valence-corrected chi connectivity index (χ3v) is 6.37. The zero-order chi connectivity index (χ0) is 26.9. The number of methoxy groups -OCH3 is 3. The van der Waals surface area contributed by atoms with Crippen LogP contribution in [0, 0.1) is 0 Å². The van der Waals surface area contributed by atoms with Crippen LogP contribution in [-0.2, 0) is 14.3 Å². The van der Waals surface area contributed by atoms with Crippen LogP contribution < -0.4 is 14.4 Å². The molecule has 1 amide bonds. The molecule has 190 valence electrons. The number of ketones is 1. The van der Waals surface area contributed by atoms with Crippen LogP contribution in [0.15, 0.2) is 66.2 Å². The van der Waals surface area contributed by atoms with Crippen LogP contribution in [-0.4, -0.2) is 44.1 Å². The fraction of sp³-hybridized carbons (Fsp3) is 0.148. The molecule has 1 unspecified atom stereocenters. The van der Waals surface area contributed by atoms with Crippen molar-refractivity contribution in [3.63, 3.8) is 0 Å². The average Bonchev–Trinajstić information content (AvgIpc) is 3.17. The molecule has 10 heteroatoms. The Hall–Kier alpha value is -4.01. The zero-order valence-electron chi connectivity index (χ0n) is 20.0. The molecular formula is C27H21Cl2NO7. The van der Waals surface area contributed by atoms with Gasteiger partial charge in [0.1, 0.15) is 17.3 Å². The van der Waals surface area contributed by atoms with E-state index in [0.29, 0.717) is 11.3 Å². The summed E-state index contributed by atoms with van der Waals surface area (Å²) in [7, 11) is 4.07. The van der Waals surface area contributed by atoms with Crippen molar-refractivity contribution in [3.8, 4) is 11.5 Å². The highest BCUT2D eigenvalue weighted by atomic mass is 35.5. The molecule has 1 saturated heterocycles. The molecule has 1 aliphatic rings. The number of hydrogen-bond donors (Lipinski definition) is 1. The Morgan fingerprint density at radius 2 is 1.68 bits per heavy atom. The Morgan fingerprint density at radius 3 is 2.35 bits per heavy atom. The van der Waals surface area contributed by atoms with Crippen LogP contribution in [0.4, 0.5) is 5.69 Å². The molecule has 0 saturated carbocycles. The lowest BCUT2D eigenvalue weighted by Gasteiger charge is -2.26. The summed E-state index contributed by atoms with van der Waals surface area (Å²) >= 11 is 12.4. The monoisotopic (exact) mass is 541 g/mol. The number of anilines is 1. The van der Waals surface area contributed by atoms with Crippen LogP contribution in [0.25, 0.3) is 5.76 Å². The van der Waals surface area contributed by atoms with Crippen molar-refractivity contribution in [3.05, 3.63) is 93.0 Å². The van der Waals surface area contributed by atoms with Crippen molar-refractivity contribution < 1.29 is 33.7 Å². The van der Waals surface area contributed by atoms with Gasteiger partial charge in [0.25, 0.3) is 11.7 Å². The third-order valence-electron chi connectivity index (χ3n) is 5.87. The standard InChI is InChI=1S/C27H21Cl2NO7/c1-35-18-9-5-6-14(11-18)22-21(23(31)19-12-16(28)13-20(29)25(19)36-2)24(32)26(33)30(22)17-8-4-7-15(10-17)27(34)37-3/h4-13,22,31H,1-3H3/b23-21+. The van der Waals surface area contributed by atoms with Crippen LogP contribution in [0.2, 0.25) is 10.0 Å². The molecule has 8 nitrogen and oxygen atoms in total. The van der Waals surface area contributed by atoms with E-state index in [1.807, 2.05) is 0 Å². The molecule has 1 atom stereocenters. The highest BCUT2D eigenvalue weighted by Gasteiger charge is 2.47. The second kappa shape index (κ2) is 10.5. The first-order valence-corrected chi connectivity index (χ1v) is 11.6. The van der Waals surface area contributed by atoms with Gasteiger partial charge in [0.15, 0.2) is 0 Å². The predicted octanol–water partition coefficient (Wildman–Crippen LogP) is 5.42. The van der Waals surface area contributed by atoms with E-state index in [2.05, 4.69) is 0 Å². The largest absolute Gasteiger partial charge is 0.507 e. The number of rotatable bonds is 6. The summed E-state index contributed by atoms with van der Waals surface area (Å²) in [5.74, 6) is -2.47. The maximum atomic E-state index is 13.4. The van der Waals surface area contributed by atoms with E-state index in [1.54, 1.807) is 36.4 Å². The van der Waals surface area contributed by atoms with Gasteiger partial charge in [-0.3, -0.25) is 14.5 Å². The highest BCUT2D eigenvalue weighted by molar-refractivity contribution is 6.52. The van der Waals surface area contributed by atoms with Crippen molar-refractivity contribution in [1.29, 1.82) is 0 Å². The van der Waals surface area contributed by atoms with Gasteiger partial charge >= 0.3 is 5.97 Å². The summed E-state index contributed by atoms with van der Waals surface area (Å²) in [5, 5.41) is 11.7. The molecule has 4 rings (SSSR count). The van der Waals surface area contributed by atoms with Gasteiger partial charge in [-0.15, -0.1) is 0 Å². The molecule has 1 heterocycles. The smallest absolute Gasteiger partial charge is 0.337 e. The van der Waals surface area contributed by atoms with Crippen molar-refractivity contribution in [2.75, 3.05) is 26.2 Å². The highest BCUT2D eigenvalue weighted by Crippen LogP contribution is 2.45. The van der Waals surface area contributed by atoms with E-state index in [0.717, 1.165) is 0 Å². The maximum Gasteiger partial charge on any atom is 0.337 e. The minimum absolute atomic E-state index is 0.0363. The first-order valence-electron chi connectivity index (χ1n) is 10.9. The summed E-state index contributed by atoms with van der Waals surface area (Å²) in [6.07, 6.45) is 0. The average molecular weight is 542 g/mol. The molecule has 0 bridgehead atoms. The molecule has 3 aromatic carbocycles. The van der Waals surface area contributed by atoms with Crippen molar-refractivity contribution >= 4 is 52.3 Å². The summed E-state index contributed by atoms with van der Waals surface area (Å²) in [5.41, 5.74) is 0.700. The lowest BCUT2D eigenvalue weighted by molar-refractivity contribution is -0.132. The van der Waals surface area contributed by atoms with Crippen molar-refractivity contribution in [1.82, 2.24) is 0 Å². The fourth-order valence-corrected chi connectivity index (χ4v) is 4.79. The number of Topliss-reactive ketones (excluding diaryl/α,β-unsaturated/α-hetero) is 1. The quantitative estimate of drug-likeness (QED) is 0.192. The number of halogens is 2. The first kappa shape index (κ1) is 26.1. The summed E-state index contributed by atoms with van der Waals surface area (Å²) in [6, 6.07) is 14.5. The number of aliphatic hydroxyl groups excluding tert-OH is 1. The van der Waals surface area contributed by atoms with Gasteiger partial charge in [0.05, 0.1) is 49.1 Å². The van der Waals surface area contributed by atoms with Gasteiger partial charge in [-0.1, -0.05) is 41.4 Å². The number of carbonyl (C=O) groups is 3. The molecule has 1 aliphatic heterocycles. The Morgan fingerprint density at radius 1 is 0.946 bits per heavy atom. The predicted molar refractivity (Wildman–Crippen MR) is 139 cm³/mol. The number of hydrogen-bond acceptors (Lipinski definition) is 7. The normalized spacial score (nSPS) is 16.6. The molecule has 0 aliphatic carbocycles. The maximum absolute atomic E-state index is 13.4. The Bertz CT molecular complexity index is 1450. The van der Waals surface area contributed by atoms with Crippen molar-refractivity contribution in [2.24, 2.45) is 0 Å². The van der Waals surface area contributed by atoms with E-state index in [4.69, 9.17) is 37.4 Å². The third kappa shape index (κ3) is 4.73. The number of benzene rings is 3. The molecule has 37 heavy (non-hydrogen) atoms. The zero-order valence-corrected chi connectivity index (χ0v) is 21.5. The van der Waals surface area contributed by atoms with Gasteiger partial charge in [0, 0.05) is 10.7 Å². The lowest BCUT2D eigenvalue weighted by atomic mass is 9.94.